The van der Waals surface area contributed by atoms with E-state index in [0.717, 1.165) is 39.8 Å². The lowest BCUT2D eigenvalue weighted by atomic mass is 9.75. The summed E-state index contributed by atoms with van der Waals surface area (Å²) in [5.41, 5.74) is 4.43. The fourth-order valence-electron chi connectivity index (χ4n) is 3.90. The van der Waals surface area contributed by atoms with Crippen LogP contribution >= 0.6 is 11.5 Å². The Labute approximate surface area is 145 Å². The molecule has 126 valence electrons. The summed E-state index contributed by atoms with van der Waals surface area (Å²) in [6, 6.07) is 4.56. The second-order valence-electron chi connectivity index (χ2n) is 6.42. The number of hydrogen-bond acceptors (Lipinski definition) is 6. The third-order valence-corrected chi connectivity index (χ3v) is 5.94. The topological polar surface area (TPSA) is 56.6 Å². The first-order valence-electron chi connectivity index (χ1n) is 8.36. The van der Waals surface area contributed by atoms with Crippen LogP contribution in [0.1, 0.15) is 53.3 Å². The molecule has 4 rings (SSSR count). The smallest absolute Gasteiger partial charge is 0.161 e. The molecule has 1 aromatic carbocycles. The zero-order valence-corrected chi connectivity index (χ0v) is 15.0. The van der Waals surface area contributed by atoms with Crippen LogP contribution in [0.3, 0.4) is 0 Å². The summed E-state index contributed by atoms with van der Waals surface area (Å²) in [5, 5.41) is 4.18. The van der Waals surface area contributed by atoms with Crippen molar-refractivity contribution in [1.82, 2.24) is 9.59 Å². The number of methoxy groups -OCH3 is 2. The van der Waals surface area contributed by atoms with Gasteiger partial charge in [-0.15, -0.1) is 5.10 Å². The van der Waals surface area contributed by atoms with Crippen molar-refractivity contribution in [2.45, 2.75) is 44.6 Å². The van der Waals surface area contributed by atoms with E-state index in [1.165, 1.54) is 36.4 Å². The Morgan fingerprint density at radius 2 is 1.83 bits per heavy atom. The SMILES string of the molecule is COc1cc2c(cc1OC)[C@@H]1CCCC[C@@H]1N=C2c1snnc1C. The molecule has 1 fully saturated rings. The monoisotopic (exact) mass is 343 g/mol. The lowest BCUT2D eigenvalue weighted by Gasteiger charge is -2.35. The zero-order valence-electron chi connectivity index (χ0n) is 14.2. The fourth-order valence-corrected chi connectivity index (χ4v) is 4.57. The van der Waals surface area contributed by atoms with Gasteiger partial charge in [-0.3, -0.25) is 4.99 Å². The van der Waals surface area contributed by atoms with Crippen molar-refractivity contribution in [2.24, 2.45) is 4.99 Å². The average molecular weight is 343 g/mol. The van der Waals surface area contributed by atoms with E-state index in [2.05, 4.69) is 21.7 Å². The lowest BCUT2D eigenvalue weighted by molar-refractivity contribution is 0.349. The van der Waals surface area contributed by atoms with E-state index in [9.17, 15) is 0 Å². The number of hydrogen-bond donors (Lipinski definition) is 0. The molecule has 24 heavy (non-hydrogen) atoms. The van der Waals surface area contributed by atoms with Gasteiger partial charge in [0.05, 0.1) is 36.5 Å². The zero-order chi connectivity index (χ0) is 16.7. The second-order valence-corrected chi connectivity index (χ2v) is 7.17. The van der Waals surface area contributed by atoms with Gasteiger partial charge in [-0.1, -0.05) is 17.3 Å². The maximum Gasteiger partial charge on any atom is 0.161 e. The summed E-state index contributed by atoms with van der Waals surface area (Å²) < 4.78 is 15.2. The van der Waals surface area contributed by atoms with Gasteiger partial charge in [0.15, 0.2) is 11.5 Å². The number of aromatic nitrogens is 2. The van der Waals surface area contributed by atoms with Crippen molar-refractivity contribution < 1.29 is 9.47 Å². The first-order chi connectivity index (χ1) is 11.7. The minimum Gasteiger partial charge on any atom is -0.493 e. The van der Waals surface area contributed by atoms with Gasteiger partial charge in [0.25, 0.3) is 0 Å². The van der Waals surface area contributed by atoms with Crippen LogP contribution in [0.15, 0.2) is 17.1 Å². The molecule has 0 bridgehead atoms. The van der Waals surface area contributed by atoms with Crippen LogP contribution in [0, 0.1) is 6.92 Å². The predicted octanol–water partition coefficient (Wildman–Crippen LogP) is 3.74. The highest BCUT2D eigenvalue weighted by Gasteiger charge is 2.35. The Hall–Kier alpha value is -1.95. The molecule has 0 N–H and O–H groups in total. The molecule has 6 heteroatoms. The third-order valence-electron chi connectivity index (χ3n) is 5.10. The highest BCUT2D eigenvalue weighted by Crippen LogP contribution is 2.45. The fraction of sp³-hybridized carbons (Fsp3) is 0.500. The number of ether oxygens (including phenoxy) is 2. The normalized spacial score (nSPS) is 22.4. The van der Waals surface area contributed by atoms with Crippen LogP contribution < -0.4 is 9.47 Å². The summed E-state index contributed by atoms with van der Waals surface area (Å²) in [5.74, 6) is 2.01. The van der Waals surface area contributed by atoms with Gasteiger partial charge in [0.2, 0.25) is 0 Å². The molecular formula is C18H21N3O2S. The molecule has 0 saturated heterocycles. The van der Waals surface area contributed by atoms with Crippen molar-refractivity contribution >= 4 is 17.2 Å². The summed E-state index contributed by atoms with van der Waals surface area (Å²) in [6.45, 7) is 1.99. The number of aryl methyl sites for hydroxylation is 1. The van der Waals surface area contributed by atoms with Crippen LogP contribution in [0.5, 0.6) is 11.5 Å². The summed E-state index contributed by atoms with van der Waals surface area (Å²) in [7, 11) is 3.37. The number of benzene rings is 1. The molecule has 1 saturated carbocycles. The van der Waals surface area contributed by atoms with E-state index in [1.54, 1.807) is 14.2 Å². The number of aliphatic imine (C=N–C) groups is 1. The molecule has 0 spiro atoms. The Morgan fingerprint density at radius 3 is 2.54 bits per heavy atom. The predicted molar refractivity (Wildman–Crippen MR) is 94.8 cm³/mol. The van der Waals surface area contributed by atoms with E-state index in [1.807, 2.05) is 6.92 Å². The molecule has 0 unspecified atom stereocenters. The van der Waals surface area contributed by atoms with Crippen LogP contribution in [0.25, 0.3) is 0 Å². The van der Waals surface area contributed by atoms with Crippen molar-refractivity contribution in [3.63, 3.8) is 0 Å². The van der Waals surface area contributed by atoms with Crippen LogP contribution in [-0.4, -0.2) is 35.6 Å². The summed E-state index contributed by atoms with van der Waals surface area (Å²) in [6.07, 6.45) is 4.85. The standard InChI is InChI=1S/C18H21N3O2S/c1-10-18(24-21-20-10)17-13-9-16(23-3)15(22-2)8-12(13)11-6-4-5-7-14(11)19-17/h8-9,11,14H,4-7H2,1-3H3/t11-,14-/m0/s1. The van der Waals surface area contributed by atoms with E-state index >= 15 is 0 Å². The average Bonchev–Trinajstić information content (AvgIpc) is 3.05. The molecule has 0 radical (unpaired) electrons. The lowest BCUT2D eigenvalue weighted by Crippen LogP contribution is -2.29. The molecule has 1 aromatic heterocycles. The van der Waals surface area contributed by atoms with Crippen molar-refractivity contribution in [1.29, 1.82) is 0 Å². The maximum absolute atomic E-state index is 5.54. The second kappa shape index (κ2) is 6.16. The van der Waals surface area contributed by atoms with Gasteiger partial charge in [-0.05, 0) is 49.0 Å². The summed E-state index contributed by atoms with van der Waals surface area (Å²) in [4.78, 5) is 6.19. The minimum absolute atomic E-state index is 0.348. The Balaban J connectivity index is 1.93. The summed E-state index contributed by atoms with van der Waals surface area (Å²) >= 11 is 1.42. The third kappa shape index (κ3) is 2.40. The molecule has 1 aliphatic carbocycles. The molecule has 2 aliphatic rings. The Bertz CT molecular complexity index is 800. The molecule has 2 aromatic rings. The highest BCUT2D eigenvalue weighted by molar-refractivity contribution is 7.08. The van der Waals surface area contributed by atoms with E-state index in [-0.39, 0.29) is 0 Å². The van der Waals surface area contributed by atoms with Crippen molar-refractivity contribution in [3.8, 4) is 11.5 Å². The van der Waals surface area contributed by atoms with Gasteiger partial charge >= 0.3 is 0 Å². The molecule has 5 nitrogen and oxygen atoms in total. The molecule has 2 heterocycles. The first-order valence-corrected chi connectivity index (χ1v) is 9.13. The molecule has 2 atom stereocenters. The van der Waals surface area contributed by atoms with Crippen molar-refractivity contribution in [2.75, 3.05) is 14.2 Å². The van der Waals surface area contributed by atoms with Crippen LogP contribution in [0.4, 0.5) is 0 Å². The largest absolute Gasteiger partial charge is 0.493 e. The number of nitrogens with zero attached hydrogens (tertiary/aromatic N) is 3. The highest BCUT2D eigenvalue weighted by atomic mass is 32.1. The minimum atomic E-state index is 0.348. The first kappa shape index (κ1) is 15.6. The Morgan fingerprint density at radius 1 is 1.08 bits per heavy atom. The van der Waals surface area contributed by atoms with E-state index in [0.29, 0.717) is 12.0 Å². The Kier molecular flexibility index (Phi) is 4.00. The van der Waals surface area contributed by atoms with Gasteiger partial charge in [-0.2, -0.15) is 0 Å². The van der Waals surface area contributed by atoms with Gasteiger partial charge in [0, 0.05) is 11.5 Å². The molecule has 0 amide bonds. The number of fused-ring (bicyclic) bond motifs is 3. The van der Waals surface area contributed by atoms with E-state index in [4.69, 9.17) is 14.5 Å². The van der Waals surface area contributed by atoms with Gasteiger partial charge < -0.3 is 9.47 Å². The van der Waals surface area contributed by atoms with Crippen LogP contribution in [-0.2, 0) is 0 Å². The molecular weight excluding hydrogens is 322 g/mol. The van der Waals surface area contributed by atoms with Gasteiger partial charge in [-0.25, -0.2) is 0 Å². The van der Waals surface area contributed by atoms with Crippen molar-refractivity contribution in [3.05, 3.63) is 33.8 Å². The van der Waals surface area contributed by atoms with Gasteiger partial charge in [0.1, 0.15) is 0 Å². The van der Waals surface area contributed by atoms with Crippen LogP contribution in [0.2, 0.25) is 0 Å². The number of rotatable bonds is 3. The quantitative estimate of drug-likeness (QED) is 0.852. The maximum atomic E-state index is 5.54. The molecule has 1 aliphatic heterocycles. The van der Waals surface area contributed by atoms with E-state index < -0.39 is 0 Å².